The molecule has 3 rings (SSSR count). The second kappa shape index (κ2) is 7.89. The summed E-state index contributed by atoms with van der Waals surface area (Å²) in [6.45, 7) is 3.61. The number of alkyl halides is 3. The van der Waals surface area contributed by atoms with E-state index in [1.807, 2.05) is 44.2 Å². The van der Waals surface area contributed by atoms with E-state index >= 15 is 0 Å². The predicted octanol–water partition coefficient (Wildman–Crippen LogP) is 4.58. The molecule has 0 aliphatic carbocycles. The number of nitrogens with zero attached hydrogens (tertiary/aromatic N) is 1. The first-order valence-corrected chi connectivity index (χ1v) is 9.45. The molecule has 2 aromatic carbocycles. The molecule has 0 radical (unpaired) electrons. The highest BCUT2D eigenvalue weighted by atomic mass is 19.4. The SMILES string of the molecule is CC(C)(c1ccccc1)N1C(=O)c2ccccc2C1C(=O)NCCCC(F)(F)F. The minimum absolute atomic E-state index is 0.106. The molecule has 4 nitrogen and oxygen atoms in total. The summed E-state index contributed by atoms with van der Waals surface area (Å²) in [6.07, 6.45) is -5.44. The van der Waals surface area contributed by atoms with Crippen LogP contribution in [0.15, 0.2) is 54.6 Å². The van der Waals surface area contributed by atoms with Crippen LogP contribution >= 0.6 is 0 Å². The lowest BCUT2D eigenvalue weighted by Crippen LogP contribution is -2.48. The molecule has 29 heavy (non-hydrogen) atoms. The number of benzene rings is 2. The van der Waals surface area contributed by atoms with Crippen molar-refractivity contribution in [2.45, 2.75) is 44.4 Å². The van der Waals surface area contributed by atoms with Crippen molar-refractivity contribution >= 4 is 11.8 Å². The summed E-state index contributed by atoms with van der Waals surface area (Å²) in [7, 11) is 0. The van der Waals surface area contributed by atoms with Gasteiger partial charge < -0.3 is 10.2 Å². The van der Waals surface area contributed by atoms with Gasteiger partial charge in [-0.2, -0.15) is 13.2 Å². The third kappa shape index (κ3) is 4.28. The highest BCUT2D eigenvalue weighted by Crippen LogP contribution is 2.43. The van der Waals surface area contributed by atoms with E-state index < -0.39 is 30.1 Å². The molecule has 0 saturated heterocycles. The lowest BCUT2D eigenvalue weighted by molar-refractivity contribution is -0.136. The Balaban J connectivity index is 1.89. The Labute approximate surface area is 167 Å². The molecule has 0 saturated carbocycles. The van der Waals surface area contributed by atoms with Gasteiger partial charge >= 0.3 is 6.18 Å². The molecular formula is C22H23F3N2O2. The molecule has 0 aromatic heterocycles. The number of carbonyl (C=O) groups excluding carboxylic acids is 2. The van der Waals surface area contributed by atoms with Crippen LogP contribution in [0.25, 0.3) is 0 Å². The minimum atomic E-state index is -4.26. The fourth-order valence-electron chi connectivity index (χ4n) is 3.73. The maximum absolute atomic E-state index is 13.2. The van der Waals surface area contributed by atoms with Gasteiger partial charge in [-0.1, -0.05) is 48.5 Å². The van der Waals surface area contributed by atoms with E-state index in [4.69, 9.17) is 0 Å². The molecule has 154 valence electrons. The Morgan fingerprint density at radius 3 is 2.31 bits per heavy atom. The molecule has 0 fully saturated rings. The molecule has 0 bridgehead atoms. The van der Waals surface area contributed by atoms with Crippen molar-refractivity contribution < 1.29 is 22.8 Å². The fraction of sp³-hybridized carbons (Fsp3) is 0.364. The molecule has 2 amide bonds. The average Bonchev–Trinajstić information content (AvgIpc) is 2.99. The monoisotopic (exact) mass is 404 g/mol. The van der Waals surface area contributed by atoms with Gasteiger partial charge in [-0.3, -0.25) is 9.59 Å². The lowest BCUT2D eigenvalue weighted by atomic mass is 9.90. The van der Waals surface area contributed by atoms with Gasteiger partial charge in [0, 0.05) is 18.5 Å². The zero-order valence-corrected chi connectivity index (χ0v) is 16.3. The largest absolute Gasteiger partial charge is 0.389 e. The van der Waals surface area contributed by atoms with Gasteiger partial charge in [0.2, 0.25) is 5.91 Å². The van der Waals surface area contributed by atoms with Crippen molar-refractivity contribution in [2.24, 2.45) is 0 Å². The third-order valence-corrected chi connectivity index (χ3v) is 5.23. The van der Waals surface area contributed by atoms with Crippen molar-refractivity contribution in [1.82, 2.24) is 10.2 Å². The predicted molar refractivity (Wildman–Crippen MR) is 103 cm³/mol. The van der Waals surface area contributed by atoms with Gasteiger partial charge in [-0.25, -0.2) is 0 Å². The Hall–Kier alpha value is -2.83. The van der Waals surface area contributed by atoms with Crippen LogP contribution in [0.4, 0.5) is 13.2 Å². The van der Waals surface area contributed by atoms with E-state index in [0.717, 1.165) is 5.56 Å². The van der Waals surface area contributed by atoms with Crippen LogP contribution < -0.4 is 5.32 Å². The first kappa shape index (κ1) is 20.9. The molecule has 1 aliphatic rings. The molecule has 1 heterocycles. The first-order valence-electron chi connectivity index (χ1n) is 9.45. The molecule has 1 N–H and O–H groups in total. The van der Waals surface area contributed by atoms with Gasteiger partial charge in [-0.05, 0) is 37.5 Å². The zero-order valence-electron chi connectivity index (χ0n) is 16.3. The quantitative estimate of drug-likeness (QED) is 0.717. The third-order valence-electron chi connectivity index (χ3n) is 5.23. The number of carbonyl (C=O) groups is 2. The Kier molecular flexibility index (Phi) is 5.68. The molecule has 7 heteroatoms. The van der Waals surface area contributed by atoms with E-state index in [9.17, 15) is 22.8 Å². The Morgan fingerprint density at radius 2 is 1.66 bits per heavy atom. The van der Waals surface area contributed by atoms with Crippen molar-refractivity contribution in [3.05, 3.63) is 71.3 Å². The van der Waals surface area contributed by atoms with Crippen LogP contribution in [-0.2, 0) is 10.3 Å². The highest BCUT2D eigenvalue weighted by Gasteiger charge is 2.48. The van der Waals surface area contributed by atoms with Gasteiger partial charge in [0.1, 0.15) is 6.04 Å². The van der Waals surface area contributed by atoms with Crippen LogP contribution in [0.2, 0.25) is 0 Å². The summed E-state index contributed by atoms with van der Waals surface area (Å²) < 4.78 is 37.1. The Morgan fingerprint density at radius 1 is 1.03 bits per heavy atom. The van der Waals surface area contributed by atoms with Crippen LogP contribution in [0.1, 0.15) is 54.2 Å². The van der Waals surface area contributed by atoms with Gasteiger partial charge in [0.25, 0.3) is 5.91 Å². The summed E-state index contributed by atoms with van der Waals surface area (Å²) in [5.41, 5.74) is 1.06. The van der Waals surface area contributed by atoms with Crippen molar-refractivity contribution in [2.75, 3.05) is 6.54 Å². The van der Waals surface area contributed by atoms with E-state index in [1.54, 1.807) is 24.3 Å². The number of fused-ring (bicyclic) bond motifs is 1. The minimum Gasteiger partial charge on any atom is -0.354 e. The van der Waals surface area contributed by atoms with Gasteiger partial charge in [-0.15, -0.1) is 0 Å². The number of amides is 2. The van der Waals surface area contributed by atoms with Crippen LogP contribution in [0.3, 0.4) is 0 Å². The summed E-state index contributed by atoms with van der Waals surface area (Å²) in [6, 6.07) is 15.3. The van der Waals surface area contributed by atoms with Crippen LogP contribution in [-0.4, -0.2) is 29.4 Å². The number of hydrogen-bond acceptors (Lipinski definition) is 2. The number of rotatable bonds is 6. The zero-order chi connectivity index (χ0) is 21.2. The van der Waals surface area contributed by atoms with E-state index in [0.29, 0.717) is 11.1 Å². The fourth-order valence-corrected chi connectivity index (χ4v) is 3.73. The number of hydrogen-bond donors (Lipinski definition) is 1. The van der Waals surface area contributed by atoms with Crippen molar-refractivity contribution in [1.29, 1.82) is 0 Å². The van der Waals surface area contributed by atoms with E-state index in [-0.39, 0.29) is 18.9 Å². The molecule has 0 spiro atoms. The smallest absolute Gasteiger partial charge is 0.354 e. The molecular weight excluding hydrogens is 381 g/mol. The second-order valence-corrected chi connectivity index (χ2v) is 7.60. The molecule has 1 aliphatic heterocycles. The summed E-state index contributed by atoms with van der Waals surface area (Å²) in [4.78, 5) is 27.7. The van der Waals surface area contributed by atoms with Gasteiger partial charge in [0.05, 0.1) is 5.54 Å². The molecule has 1 unspecified atom stereocenters. The lowest BCUT2D eigenvalue weighted by Gasteiger charge is -2.40. The second-order valence-electron chi connectivity index (χ2n) is 7.60. The standard InChI is InChI=1S/C22H23F3N2O2/c1-21(2,15-9-4-3-5-10-15)27-18(16-11-6-7-12-17(16)20(27)29)19(28)26-14-8-13-22(23,24)25/h3-7,9-12,18H,8,13-14H2,1-2H3,(H,26,28). The first-order chi connectivity index (χ1) is 13.6. The molecule has 1 atom stereocenters. The average molecular weight is 404 g/mol. The van der Waals surface area contributed by atoms with E-state index in [1.165, 1.54) is 4.90 Å². The summed E-state index contributed by atoms with van der Waals surface area (Å²) in [5, 5.41) is 2.58. The Bertz CT molecular complexity index is 894. The maximum atomic E-state index is 13.2. The number of halogens is 3. The van der Waals surface area contributed by atoms with Crippen LogP contribution in [0, 0.1) is 0 Å². The summed E-state index contributed by atoms with van der Waals surface area (Å²) in [5.74, 6) is -0.751. The maximum Gasteiger partial charge on any atom is 0.389 e. The van der Waals surface area contributed by atoms with Crippen molar-refractivity contribution in [3.8, 4) is 0 Å². The number of nitrogens with one attached hydrogen (secondary N) is 1. The van der Waals surface area contributed by atoms with Crippen molar-refractivity contribution in [3.63, 3.8) is 0 Å². The highest BCUT2D eigenvalue weighted by molar-refractivity contribution is 6.05. The van der Waals surface area contributed by atoms with Crippen LogP contribution in [0.5, 0.6) is 0 Å². The van der Waals surface area contributed by atoms with E-state index in [2.05, 4.69) is 5.32 Å². The topological polar surface area (TPSA) is 49.4 Å². The summed E-state index contributed by atoms with van der Waals surface area (Å²) >= 11 is 0. The normalized spacial score (nSPS) is 16.7. The molecule has 2 aromatic rings. The van der Waals surface area contributed by atoms with Gasteiger partial charge in [0.15, 0.2) is 0 Å².